The van der Waals surface area contributed by atoms with Gasteiger partial charge in [0.05, 0.1) is 12.7 Å². The number of alkyl halides is 3. The SMILES string of the molecule is COc1ccc(Cc2nc(N)nn2-c2cc(OCc3ccccc3C(F)(F)F)ncn2)cc1N=O. The van der Waals surface area contributed by atoms with Crippen molar-refractivity contribution in [3.63, 3.8) is 0 Å². The van der Waals surface area contributed by atoms with Gasteiger partial charge in [0.2, 0.25) is 11.8 Å². The number of nitroso groups, excluding NO2 is 1. The van der Waals surface area contributed by atoms with Crippen LogP contribution in [0.2, 0.25) is 0 Å². The Balaban J connectivity index is 1.58. The fraction of sp³-hybridized carbons (Fsp3) is 0.182. The van der Waals surface area contributed by atoms with Crippen molar-refractivity contribution in [2.75, 3.05) is 12.8 Å². The average molecular weight is 485 g/mol. The lowest BCUT2D eigenvalue weighted by Gasteiger charge is -2.13. The Kier molecular flexibility index (Phi) is 6.57. The minimum atomic E-state index is -4.51. The second-order valence-electron chi connectivity index (χ2n) is 7.23. The first kappa shape index (κ1) is 23.6. The number of hydrogen-bond acceptors (Lipinski definition) is 9. The van der Waals surface area contributed by atoms with Crippen molar-refractivity contribution in [3.05, 3.63) is 82.3 Å². The summed E-state index contributed by atoms with van der Waals surface area (Å²) in [5.41, 5.74) is 5.77. The van der Waals surface area contributed by atoms with Crippen LogP contribution in [0.5, 0.6) is 11.6 Å². The van der Waals surface area contributed by atoms with Gasteiger partial charge in [-0.25, -0.2) is 9.97 Å². The molecule has 13 heteroatoms. The normalized spacial score (nSPS) is 11.3. The van der Waals surface area contributed by atoms with Gasteiger partial charge >= 0.3 is 6.18 Å². The van der Waals surface area contributed by atoms with Crippen LogP contribution in [0.15, 0.2) is 60.0 Å². The number of methoxy groups -OCH3 is 1. The van der Waals surface area contributed by atoms with Gasteiger partial charge in [0.1, 0.15) is 30.2 Å². The van der Waals surface area contributed by atoms with E-state index in [1.165, 1.54) is 42.4 Å². The molecule has 10 nitrogen and oxygen atoms in total. The summed E-state index contributed by atoms with van der Waals surface area (Å²) in [6, 6.07) is 11.4. The molecule has 2 heterocycles. The summed E-state index contributed by atoms with van der Waals surface area (Å²) in [4.78, 5) is 23.4. The molecule has 0 radical (unpaired) electrons. The lowest BCUT2D eigenvalue weighted by atomic mass is 10.1. The van der Waals surface area contributed by atoms with Gasteiger partial charge in [-0.3, -0.25) is 0 Å². The minimum absolute atomic E-state index is 0.0255. The zero-order valence-corrected chi connectivity index (χ0v) is 18.2. The molecule has 2 aromatic heterocycles. The third-order valence-corrected chi connectivity index (χ3v) is 4.94. The molecule has 0 saturated carbocycles. The molecule has 0 bridgehead atoms. The van der Waals surface area contributed by atoms with Crippen LogP contribution in [0.3, 0.4) is 0 Å². The first-order chi connectivity index (χ1) is 16.8. The zero-order valence-electron chi connectivity index (χ0n) is 18.2. The molecule has 0 saturated heterocycles. The maximum atomic E-state index is 13.2. The van der Waals surface area contributed by atoms with E-state index >= 15 is 0 Å². The molecule has 0 aliphatic carbocycles. The number of nitrogen functional groups attached to an aromatic ring is 1. The fourth-order valence-corrected chi connectivity index (χ4v) is 3.36. The van der Waals surface area contributed by atoms with Crippen molar-refractivity contribution < 1.29 is 22.6 Å². The fourth-order valence-electron chi connectivity index (χ4n) is 3.36. The number of ether oxygens (including phenoxy) is 2. The van der Waals surface area contributed by atoms with E-state index in [0.29, 0.717) is 17.1 Å². The second kappa shape index (κ2) is 9.75. The lowest BCUT2D eigenvalue weighted by molar-refractivity contribution is -0.138. The zero-order chi connectivity index (χ0) is 25.0. The van der Waals surface area contributed by atoms with E-state index < -0.39 is 11.7 Å². The van der Waals surface area contributed by atoms with Crippen LogP contribution in [0.1, 0.15) is 22.5 Å². The highest BCUT2D eigenvalue weighted by Crippen LogP contribution is 2.32. The molecule has 0 amide bonds. The summed E-state index contributed by atoms with van der Waals surface area (Å²) >= 11 is 0. The van der Waals surface area contributed by atoms with Gasteiger partial charge in [-0.05, 0) is 28.9 Å². The Labute approximate surface area is 196 Å². The van der Waals surface area contributed by atoms with Crippen LogP contribution < -0.4 is 15.2 Å². The highest BCUT2D eigenvalue weighted by atomic mass is 19.4. The summed E-state index contributed by atoms with van der Waals surface area (Å²) in [5.74, 6) is 0.956. The lowest BCUT2D eigenvalue weighted by Crippen LogP contribution is -2.11. The Morgan fingerprint density at radius 3 is 2.66 bits per heavy atom. The molecule has 0 atom stereocenters. The van der Waals surface area contributed by atoms with Gasteiger partial charge in [-0.15, -0.1) is 10.0 Å². The topological polar surface area (TPSA) is 130 Å². The molecule has 0 aliphatic heterocycles. The van der Waals surface area contributed by atoms with E-state index in [4.69, 9.17) is 15.2 Å². The number of aromatic nitrogens is 5. The van der Waals surface area contributed by atoms with Crippen LogP contribution >= 0.6 is 0 Å². The molecular weight excluding hydrogens is 467 g/mol. The Bertz CT molecular complexity index is 1360. The number of rotatable bonds is 8. The maximum Gasteiger partial charge on any atom is 0.416 e. The number of halogens is 3. The molecule has 35 heavy (non-hydrogen) atoms. The van der Waals surface area contributed by atoms with Crippen molar-refractivity contribution in [2.24, 2.45) is 5.18 Å². The number of nitrogens with two attached hydrogens (primary N) is 1. The van der Waals surface area contributed by atoms with E-state index in [1.807, 2.05) is 0 Å². The maximum absolute atomic E-state index is 13.2. The molecule has 0 fully saturated rings. The van der Waals surface area contributed by atoms with Crippen molar-refractivity contribution in [1.29, 1.82) is 0 Å². The van der Waals surface area contributed by atoms with E-state index in [1.54, 1.807) is 18.2 Å². The highest BCUT2D eigenvalue weighted by Gasteiger charge is 2.33. The van der Waals surface area contributed by atoms with E-state index in [0.717, 1.165) is 6.07 Å². The van der Waals surface area contributed by atoms with Gasteiger partial charge in [0.25, 0.3) is 0 Å². The first-order valence-corrected chi connectivity index (χ1v) is 10.1. The van der Waals surface area contributed by atoms with Crippen molar-refractivity contribution in [2.45, 2.75) is 19.2 Å². The number of anilines is 1. The Morgan fingerprint density at radius 2 is 1.91 bits per heavy atom. The van der Waals surface area contributed by atoms with Crippen LogP contribution in [0.25, 0.3) is 5.82 Å². The predicted octanol–water partition coefficient (Wildman–Crippen LogP) is 4.23. The quantitative estimate of drug-likeness (QED) is 0.367. The molecule has 4 aromatic rings. The number of benzene rings is 2. The summed E-state index contributed by atoms with van der Waals surface area (Å²) in [5, 5.41) is 7.10. The Hall–Kier alpha value is -4.55. The van der Waals surface area contributed by atoms with E-state index in [-0.39, 0.29) is 41.9 Å². The van der Waals surface area contributed by atoms with Gasteiger partial charge in [-0.1, -0.05) is 24.3 Å². The third-order valence-electron chi connectivity index (χ3n) is 4.94. The standard InChI is InChI=1S/C22H18F3N7O3/c1-34-17-7-6-13(8-16(17)31-33)9-19-29-21(26)30-32(19)18-10-20(28-12-27-18)35-11-14-4-2-3-5-15(14)22(23,24)25/h2-8,10,12H,9,11H2,1H3,(H2,26,30). The van der Waals surface area contributed by atoms with Crippen molar-refractivity contribution in [1.82, 2.24) is 24.7 Å². The van der Waals surface area contributed by atoms with Crippen LogP contribution in [-0.4, -0.2) is 31.8 Å². The summed E-state index contributed by atoms with van der Waals surface area (Å²) in [6.07, 6.45) is -3.11. The van der Waals surface area contributed by atoms with Crippen molar-refractivity contribution in [3.8, 4) is 17.4 Å². The first-order valence-electron chi connectivity index (χ1n) is 10.1. The monoisotopic (exact) mass is 485 g/mol. The predicted molar refractivity (Wildman–Crippen MR) is 118 cm³/mol. The van der Waals surface area contributed by atoms with Gasteiger partial charge in [-0.2, -0.15) is 22.8 Å². The van der Waals surface area contributed by atoms with Gasteiger partial charge in [0, 0.05) is 18.1 Å². The van der Waals surface area contributed by atoms with Gasteiger partial charge < -0.3 is 15.2 Å². The molecule has 0 aliphatic rings. The van der Waals surface area contributed by atoms with Crippen LogP contribution in [-0.2, 0) is 19.2 Å². The minimum Gasteiger partial charge on any atom is -0.494 e. The third kappa shape index (κ3) is 5.34. The molecule has 0 unspecified atom stereocenters. The average Bonchev–Trinajstić information content (AvgIpc) is 3.22. The molecule has 0 spiro atoms. The number of hydrogen-bond donors (Lipinski definition) is 1. The molecule has 2 N–H and O–H groups in total. The molecular formula is C22H18F3N7O3. The molecule has 2 aromatic carbocycles. The Morgan fingerprint density at radius 1 is 1.11 bits per heavy atom. The largest absolute Gasteiger partial charge is 0.494 e. The van der Waals surface area contributed by atoms with E-state index in [2.05, 4.69) is 25.2 Å². The number of nitrogens with zero attached hydrogens (tertiary/aromatic N) is 6. The highest BCUT2D eigenvalue weighted by molar-refractivity contribution is 5.54. The smallest absolute Gasteiger partial charge is 0.416 e. The molecule has 4 rings (SSSR count). The van der Waals surface area contributed by atoms with Gasteiger partial charge in [0.15, 0.2) is 5.82 Å². The summed E-state index contributed by atoms with van der Waals surface area (Å²) in [6.45, 7) is -0.355. The summed E-state index contributed by atoms with van der Waals surface area (Å²) < 4.78 is 51.7. The second-order valence-corrected chi connectivity index (χ2v) is 7.23. The van der Waals surface area contributed by atoms with Crippen LogP contribution in [0.4, 0.5) is 24.8 Å². The summed E-state index contributed by atoms with van der Waals surface area (Å²) in [7, 11) is 1.43. The van der Waals surface area contributed by atoms with Crippen LogP contribution in [0, 0.1) is 4.91 Å². The molecule has 180 valence electrons. The van der Waals surface area contributed by atoms with Crippen molar-refractivity contribution >= 4 is 11.6 Å². The van der Waals surface area contributed by atoms with E-state index in [9.17, 15) is 18.1 Å².